The molecule has 0 spiro atoms. The highest BCUT2D eigenvalue weighted by molar-refractivity contribution is 5.50. The molecule has 2 heterocycles. The summed E-state index contributed by atoms with van der Waals surface area (Å²) in [6.45, 7) is 5.53. The van der Waals surface area contributed by atoms with Crippen LogP contribution in [0.4, 0.5) is 11.6 Å². The molecule has 5 nitrogen and oxygen atoms in total. The van der Waals surface area contributed by atoms with Crippen LogP contribution in [0.3, 0.4) is 0 Å². The molecule has 0 aliphatic carbocycles. The van der Waals surface area contributed by atoms with Gasteiger partial charge in [0.25, 0.3) is 0 Å². The van der Waals surface area contributed by atoms with Gasteiger partial charge >= 0.3 is 0 Å². The fraction of sp³-hybridized carbons (Fsp3) is 0.375. The van der Waals surface area contributed by atoms with Gasteiger partial charge in [-0.2, -0.15) is 0 Å². The second-order valence-electron chi connectivity index (χ2n) is 5.09. The van der Waals surface area contributed by atoms with Crippen LogP contribution in [-0.2, 0) is 0 Å². The molecule has 1 atom stereocenters. The number of anilines is 2. The number of ether oxygens (including phenoxy) is 1. The van der Waals surface area contributed by atoms with Gasteiger partial charge in [-0.25, -0.2) is 9.97 Å². The van der Waals surface area contributed by atoms with Gasteiger partial charge < -0.3 is 15.4 Å². The fourth-order valence-electron chi connectivity index (χ4n) is 2.58. The third-order valence-corrected chi connectivity index (χ3v) is 3.48. The lowest BCUT2D eigenvalue weighted by atomic mass is 10.0. The lowest BCUT2D eigenvalue weighted by Gasteiger charge is -2.27. The number of hydrogen-bond donors (Lipinski definition) is 2. The first kappa shape index (κ1) is 13.7. The summed E-state index contributed by atoms with van der Waals surface area (Å²) in [7, 11) is 0. The standard InChI is InChI=1S/C16H20N4O/c1-3-17-15-10-16(19-11(2)18-15)20-13-8-9-21-14-7-5-4-6-12(13)14/h4-7,10,13H,3,8-9H2,1-2H3,(H2,17,18,19,20). The minimum absolute atomic E-state index is 0.221. The van der Waals surface area contributed by atoms with Crippen LogP contribution in [0.2, 0.25) is 0 Å². The smallest absolute Gasteiger partial charge is 0.132 e. The minimum atomic E-state index is 0.221. The largest absolute Gasteiger partial charge is 0.493 e. The molecule has 1 aliphatic rings. The SMILES string of the molecule is CCNc1cc(NC2CCOc3ccccc32)nc(C)n1. The second-order valence-corrected chi connectivity index (χ2v) is 5.09. The predicted molar refractivity (Wildman–Crippen MR) is 83.9 cm³/mol. The Balaban J connectivity index is 1.84. The van der Waals surface area contributed by atoms with Crippen LogP contribution in [0.15, 0.2) is 30.3 Å². The summed E-state index contributed by atoms with van der Waals surface area (Å²) in [5, 5.41) is 6.73. The fourth-order valence-corrected chi connectivity index (χ4v) is 2.58. The molecule has 0 amide bonds. The summed E-state index contributed by atoms with van der Waals surface area (Å²) in [5.74, 6) is 3.42. The molecule has 0 saturated heterocycles. The lowest BCUT2D eigenvalue weighted by molar-refractivity contribution is 0.274. The average Bonchev–Trinajstić information content (AvgIpc) is 2.47. The van der Waals surface area contributed by atoms with Gasteiger partial charge in [-0.1, -0.05) is 18.2 Å². The van der Waals surface area contributed by atoms with Gasteiger partial charge in [0, 0.05) is 24.6 Å². The highest BCUT2D eigenvalue weighted by Gasteiger charge is 2.21. The zero-order valence-corrected chi connectivity index (χ0v) is 12.4. The van der Waals surface area contributed by atoms with E-state index in [4.69, 9.17) is 4.74 Å². The van der Waals surface area contributed by atoms with Gasteiger partial charge in [-0.15, -0.1) is 0 Å². The molecule has 1 aromatic heterocycles. The molecule has 1 aliphatic heterocycles. The molecule has 1 unspecified atom stereocenters. The van der Waals surface area contributed by atoms with Crippen molar-refractivity contribution >= 4 is 11.6 Å². The second kappa shape index (κ2) is 5.99. The first-order chi connectivity index (χ1) is 10.3. The van der Waals surface area contributed by atoms with E-state index in [1.807, 2.05) is 31.2 Å². The molecule has 2 N–H and O–H groups in total. The Morgan fingerprint density at radius 1 is 1.24 bits per heavy atom. The summed E-state index contributed by atoms with van der Waals surface area (Å²) in [6.07, 6.45) is 0.927. The number of aromatic nitrogens is 2. The number of para-hydroxylation sites is 1. The van der Waals surface area contributed by atoms with Crippen LogP contribution >= 0.6 is 0 Å². The zero-order valence-electron chi connectivity index (χ0n) is 12.4. The first-order valence-corrected chi connectivity index (χ1v) is 7.34. The molecule has 0 bridgehead atoms. The quantitative estimate of drug-likeness (QED) is 0.903. The van der Waals surface area contributed by atoms with Crippen molar-refractivity contribution in [1.29, 1.82) is 0 Å². The average molecular weight is 284 g/mol. The Morgan fingerprint density at radius 3 is 2.90 bits per heavy atom. The van der Waals surface area contributed by atoms with Crippen LogP contribution in [0, 0.1) is 6.92 Å². The van der Waals surface area contributed by atoms with Gasteiger partial charge in [0.15, 0.2) is 0 Å². The van der Waals surface area contributed by atoms with Crippen LogP contribution in [0.5, 0.6) is 5.75 Å². The van der Waals surface area contributed by atoms with Crippen LogP contribution in [-0.4, -0.2) is 23.1 Å². The Hall–Kier alpha value is -2.30. The number of nitrogens with zero attached hydrogens (tertiary/aromatic N) is 2. The highest BCUT2D eigenvalue weighted by atomic mass is 16.5. The topological polar surface area (TPSA) is 59.1 Å². The summed E-state index contributed by atoms with van der Waals surface area (Å²) in [5.41, 5.74) is 1.19. The van der Waals surface area contributed by atoms with Crippen molar-refractivity contribution < 1.29 is 4.74 Å². The van der Waals surface area contributed by atoms with E-state index >= 15 is 0 Å². The maximum Gasteiger partial charge on any atom is 0.132 e. The Morgan fingerprint density at radius 2 is 2.05 bits per heavy atom. The maximum absolute atomic E-state index is 5.69. The molecule has 0 saturated carbocycles. The van der Waals surface area contributed by atoms with E-state index in [9.17, 15) is 0 Å². The van der Waals surface area contributed by atoms with Crippen LogP contribution < -0.4 is 15.4 Å². The highest BCUT2D eigenvalue weighted by Crippen LogP contribution is 2.33. The van der Waals surface area contributed by atoms with Gasteiger partial charge in [0.1, 0.15) is 23.2 Å². The molecular weight excluding hydrogens is 264 g/mol. The third-order valence-electron chi connectivity index (χ3n) is 3.48. The lowest BCUT2D eigenvalue weighted by Crippen LogP contribution is -2.21. The molecule has 1 aromatic carbocycles. The minimum Gasteiger partial charge on any atom is -0.493 e. The maximum atomic E-state index is 5.69. The van der Waals surface area contributed by atoms with E-state index in [0.29, 0.717) is 0 Å². The monoisotopic (exact) mass is 284 g/mol. The van der Waals surface area contributed by atoms with Crippen molar-refractivity contribution in [3.63, 3.8) is 0 Å². The van der Waals surface area contributed by atoms with Crippen molar-refractivity contribution in [2.45, 2.75) is 26.3 Å². The van der Waals surface area contributed by atoms with Crippen molar-refractivity contribution in [2.75, 3.05) is 23.8 Å². The molecule has 21 heavy (non-hydrogen) atoms. The van der Waals surface area contributed by atoms with E-state index in [-0.39, 0.29) is 6.04 Å². The van der Waals surface area contributed by atoms with Gasteiger partial charge in [0.2, 0.25) is 0 Å². The number of rotatable bonds is 4. The summed E-state index contributed by atoms with van der Waals surface area (Å²) in [4.78, 5) is 8.85. The van der Waals surface area contributed by atoms with E-state index < -0.39 is 0 Å². The van der Waals surface area contributed by atoms with Gasteiger partial charge in [-0.05, 0) is 19.9 Å². The van der Waals surface area contributed by atoms with Crippen molar-refractivity contribution in [3.05, 3.63) is 41.7 Å². The van der Waals surface area contributed by atoms with Crippen LogP contribution in [0.25, 0.3) is 0 Å². The number of hydrogen-bond acceptors (Lipinski definition) is 5. The van der Waals surface area contributed by atoms with Crippen molar-refractivity contribution in [3.8, 4) is 5.75 Å². The Labute approximate surface area is 124 Å². The van der Waals surface area contributed by atoms with E-state index in [0.717, 1.165) is 42.8 Å². The van der Waals surface area contributed by atoms with E-state index in [2.05, 4.69) is 33.6 Å². The molecule has 2 aromatic rings. The summed E-state index contributed by atoms with van der Waals surface area (Å²) >= 11 is 0. The number of nitrogens with one attached hydrogen (secondary N) is 2. The summed E-state index contributed by atoms with van der Waals surface area (Å²) < 4.78 is 5.69. The molecule has 5 heteroatoms. The van der Waals surface area contributed by atoms with E-state index in [1.165, 1.54) is 5.56 Å². The molecule has 0 radical (unpaired) electrons. The van der Waals surface area contributed by atoms with Crippen molar-refractivity contribution in [1.82, 2.24) is 9.97 Å². The molecule has 3 rings (SSSR count). The normalized spacial score (nSPS) is 16.8. The Kier molecular flexibility index (Phi) is 3.90. The molecule has 0 fully saturated rings. The van der Waals surface area contributed by atoms with Crippen LogP contribution in [0.1, 0.15) is 30.8 Å². The number of fused-ring (bicyclic) bond motifs is 1. The third kappa shape index (κ3) is 3.07. The van der Waals surface area contributed by atoms with Crippen molar-refractivity contribution in [2.24, 2.45) is 0 Å². The number of aryl methyl sites for hydroxylation is 1. The Bertz CT molecular complexity index is 629. The predicted octanol–water partition coefficient (Wildman–Crippen LogP) is 3.15. The molecular formula is C16H20N4O. The summed E-state index contributed by atoms with van der Waals surface area (Å²) in [6, 6.07) is 10.3. The molecule has 110 valence electrons. The van der Waals surface area contributed by atoms with E-state index in [1.54, 1.807) is 0 Å². The zero-order chi connectivity index (χ0) is 14.7. The van der Waals surface area contributed by atoms with Gasteiger partial charge in [-0.3, -0.25) is 0 Å². The number of benzene rings is 1. The van der Waals surface area contributed by atoms with Gasteiger partial charge in [0.05, 0.1) is 12.6 Å². The first-order valence-electron chi connectivity index (χ1n) is 7.34.